The summed E-state index contributed by atoms with van der Waals surface area (Å²) < 4.78 is 15.0. The molecule has 0 bridgehead atoms. The maximum atomic E-state index is 12.8. The van der Waals surface area contributed by atoms with Crippen molar-refractivity contribution < 1.29 is 10.9 Å². The number of hydrogen-bond donors (Lipinski definition) is 0. The van der Waals surface area contributed by atoms with Gasteiger partial charge in [-0.1, -0.05) is 11.6 Å². The van der Waals surface area contributed by atoms with Gasteiger partial charge in [0, 0.05) is 21.7 Å². The highest BCUT2D eigenvalue weighted by Crippen LogP contribution is 2.25. The molecule has 0 unspecified atom stereocenters. The van der Waals surface area contributed by atoms with Crippen molar-refractivity contribution in [3.8, 4) is 5.75 Å². The van der Waals surface area contributed by atoms with Gasteiger partial charge in [-0.3, -0.25) is 9.36 Å². The number of aromatic nitrogens is 1. The maximum absolute atomic E-state index is 12.8. The Morgan fingerprint density at radius 2 is 1.95 bits per heavy atom. The highest BCUT2D eigenvalue weighted by Gasteiger charge is 2.15. The number of fused-ring (bicyclic) bond motifs is 1. The number of halogens is 1. The van der Waals surface area contributed by atoms with E-state index < -0.39 is 0 Å². The second kappa shape index (κ2) is 5.26. The van der Waals surface area contributed by atoms with Crippen LogP contribution in [0.25, 0.3) is 10.9 Å². The second-order valence-electron chi connectivity index (χ2n) is 4.74. The van der Waals surface area contributed by atoms with Crippen molar-refractivity contribution in [1.82, 2.24) is 4.57 Å². The van der Waals surface area contributed by atoms with Gasteiger partial charge in [0.25, 0.3) is 5.91 Å². The Morgan fingerprint density at radius 3 is 2.62 bits per heavy atom. The standard InChI is InChI=1S/C17H14ClNO2/c1-11-9-13-10-15(21-2)7-8-16(13)19(11)17(20)12-3-5-14(18)6-4-12/h3-10H,1-2H3/i9D. The summed E-state index contributed by atoms with van der Waals surface area (Å²) in [6.07, 6.45) is 0. The van der Waals surface area contributed by atoms with Crippen LogP contribution in [0.5, 0.6) is 5.75 Å². The van der Waals surface area contributed by atoms with E-state index in [-0.39, 0.29) is 5.91 Å². The molecular formula is C17H14ClNO2. The second-order valence-corrected chi connectivity index (χ2v) is 5.18. The van der Waals surface area contributed by atoms with Gasteiger partial charge in [0.1, 0.15) is 5.75 Å². The van der Waals surface area contributed by atoms with Gasteiger partial charge in [0.05, 0.1) is 14.0 Å². The molecule has 0 amide bonds. The first-order valence-corrected chi connectivity index (χ1v) is 6.86. The van der Waals surface area contributed by atoms with Crippen LogP contribution in [-0.4, -0.2) is 17.6 Å². The predicted octanol–water partition coefficient (Wildman–Crippen LogP) is 4.30. The van der Waals surface area contributed by atoms with E-state index in [1.54, 1.807) is 61.1 Å². The first-order chi connectivity index (χ1) is 10.5. The van der Waals surface area contributed by atoms with Crippen LogP contribution in [0.2, 0.25) is 5.02 Å². The van der Waals surface area contributed by atoms with E-state index in [1.165, 1.54) is 0 Å². The lowest BCUT2D eigenvalue weighted by atomic mass is 10.2. The van der Waals surface area contributed by atoms with E-state index in [9.17, 15) is 4.79 Å². The summed E-state index contributed by atoms with van der Waals surface area (Å²) >= 11 is 5.86. The highest BCUT2D eigenvalue weighted by atomic mass is 35.5. The van der Waals surface area contributed by atoms with E-state index in [0.717, 1.165) is 0 Å². The van der Waals surface area contributed by atoms with E-state index in [0.29, 0.717) is 39.0 Å². The molecule has 3 rings (SSSR count). The Hall–Kier alpha value is -2.26. The lowest BCUT2D eigenvalue weighted by Gasteiger charge is -2.07. The van der Waals surface area contributed by atoms with E-state index in [1.807, 2.05) is 0 Å². The molecule has 2 aromatic carbocycles. The summed E-state index contributed by atoms with van der Waals surface area (Å²) in [7, 11) is 1.58. The number of carbonyl (C=O) groups is 1. The van der Waals surface area contributed by atoms with Crippen molar-refractivity contribution in [2.45, 2.75) is 6.92 Å². The number of ether oxygens (including phenoxy) is 1. The van der Waals surface area contributed by atoms with Crippen LogP contribution in [-0.2, 0) is 0 Å². The summed E-state index contributed by atoms with van der Waals surface area (Å²) in [6, 6.07) is 12.4. The number of hydrogen-bond acceptors (Lipinski definition) is 2. The third-order valence-corrected chi connectivity index (χ3v) is 3.64. The lowest BCUT2D eigenvalue weighted by molar-refractivity contribution is 0.0963. The van der Waals surface area contributed by atoms with Crippen molar-refractivity contribution in [3.63, 3.8) is 0 Å². The molecule has 0 saturated heterocycles. The number of carbonyl (C=O) groups excluding carboxylic acids is 1. The lowest BCUT2D eigenvalue weighted by Crippen LogP contribution is -2.13. The van der Waals surface area contributed by atoms with Gasteiger partial charge in [-0.05, 0) is 55.4 Å². The van der Waals surface area contributed by atoms with Crippen molar-refractivity contribution >= 4 is 28.4 Å². The average molecular weight is 301 g/mol. The SMILES string of the molecule is [2H]c1c(C)n(C(=O)c2ccc(Cl)cc2)c2ccc(OC)cc12. The molecule has 0 aliphatic heterocycles. The summed E-state index contributed by atoms with van der Waals surface area (Å²) in [5, 5.41) is 1.27. The van der Waals surface area contributed by atoms with Gasteiger partial charge < -0.3 is 4.74 Å². The topological polar surface area (TPSA) is 31.2 Å². The van der Waals surface area contributed by atoms with E-state index in [4.69, 9.17) is 17.7 Å². The number of nitrogens with zero attached hydrogens (tertiary/aromatic N) is 1. The summed E-state index contributed by atoms with van der Waals surface area (Å²) in [4.78, 5) is 12.8. The zero-order valence-electron chi connectivity index (χ0n) is 12.7. The molecule has 21 heavy (non-hydrogen) atoms. The third-order valence-electron chi connectivity index (χ3n) is 3.39. The van der Waals surface area contributed by atoms with Gasteiger partial charge in [0.2, 0.25) is 0 Å². The zero-order chi connectivity index (χ0) is 15.9. The van der Waals surface area contributed by atoms with Gasteiger partial charge in [0.15, 0.2) is 0 Å². The van der Waals surface area contributed by atoms with Crippen molar-refractivity contribution in [3.05, 3.63) is 64.8 Å². The monoisotopic (exact) mass is 300 g/mol. The first-order valence-electron chi connectivity index (χ1n) is 6.99. The number of methoxy groups -OCH3 is 1. The number of benzene rings is 2. The average Bonchev–Trinajstić information content (AvgIpc) is 2.78. The van der Waals surface area contributed by atoms with Gasteiger partial charge in [-0.15, -0.1) is 0 Å². The fourth-order valence-corrected chi connectivity index (χ4v) is 2.48. The molecule has 0 fully saturated rings. The largest absolute Gasteiger partial charge is 0.497 e. The molecule has 3 nitrogen and oxygen atoms in total. The Morgan fingerprint density at radius 1 is 1.24 bits per heavy atom. The molecule has 1 heterocycles. The minimum atomic E-state index is -0.178. The molecule has 0 aliphatic carbocycles. The molecule has 0 radical (unpaired) electrons. The molecule has 0 aliphatic rings. The van der Waals surface area contributed by atoms with Crippen molar-refractivity contribution in [2.24, 2.45) is 0 Å². The van der Waals surface area contributed by atoms with Crippen LogP contribution < -0.4 is 4.74 Å². The van der Waals surface area contributed by atoms with Crippen LogP contribution in [0.1, 0.15) is 17.4 Å². The smallest absolute Gasteiger partial charge is 0.262 e. The Kier molecular flexibility index (Phi) is 3.13. The van der Waals surface area contributed by atoms with Crippen LogP contribution in [0.4, 0.5) is 0 Å². The van der Waals surface area contributed by atoms with Crippen LogP contribution in [0.15, 0.2) is 48.5 Å². The summed E-state index contributed by atoms with van der Waals surface area (Å²) in [5.74, 6) is 0.486. The zero-order valence-corrected chi connectivity index (χ0v) is 12.4. The molecule has 0 N–H and O–H groups in total. The molecule has 1 aromatic heterocycles. The molecule has 4 heteroatoms. The molecule has 3 aromatic rings. The molecule has 0 spiro atoms. The quantitative estimate of drug-likeness (QED) is 0.706. The summed E-state index contributed by atoms with van der Waals surface area (Å²) in [6.45, 7) is 1.77. The van der Waals surface area contributed by atoms with E-state index in [2.05, 4.69) is 0 Å². The fourth-order valence-electron chi connectivity index (χ4n) is 2.35. The van der Waals surface area contributed by atoms with Crippen molar-refractivity contribution in [2.75, 3.05) is 7.11 Å². The predicted molar refractivity (Wildman–Crippen MR) is 84.4 cm³/mol. The Labute approximate surface area is 129 Å². The third kappa shape index (κ3) is 2.41. The van der Waals surface area contributed by atoms with Gasteiger partial charge in [-0.25, -0.2) is 0 Å². The minimum absolute atomic E-state index is 0.178. The Bertz CT molecular complexity index is 868. The molecule has 106 valence electrons. The maximum Gasteiger partial charge on any atom is 0.262 e. The van der Waals surface area contributed by atoms with Gasteiger partial charge in [-0.2, -0.15) is 0 Å². The highest BCUT2D eigenvalue weighted by molar-refractivity contribution is 6.30. The fraction of sp³-hybridized carbons (Fsp3) is 0.118. The first kappa shape index (κ1) is 12.5. The van der Waals surface area contributed by atoms with Crippen LogP contribution in [0.3, 0.4) is 0 Å². The van der Waals surface area contributed by atoms with Crippen LogP contribution in [0, 0.1) is 6.92 Å². The minimum Gasteiger partial charge on any atom is -0.497 e. The molecule has 0 saturated carbocycles. The summed E-state index contributed by atoms with van der Waals surface area (Å²) in [5.41, 5.74) is 1.83. The molecular weight excluding hydrogens is 286 g/mol. The normalized spacial score (nSPS) is 11.5. The van der Waals surface area contributed by atoms with Crippen molar-refractivity contribution in [1.29, 1.82) is 0 Å². The number of rotatable bonds is 2. The van der Waals surface area contributed by atoms with Crippen LogP contribution >= 0.6 is 11.6 Å². The molecule has 0 atom stereocenters. The van der Waals surface area contributed by atoms with Gasteiger partial charge >= 0.3 is 0 Å². The Balaban J connectivity index is 2.20. The van der Waals surface area contributed by atoms with E-state index >= 15 is 0 Å².